The first-order chi connectivity index (χ1) is 8.85. The lowest BCUT2D eigenvalue weighted by atomic mass is 10.1. The summed E-state index contributed by atoms with van der Waals surface area (Å²) in [7, 11) is 0. The fourth-order valence-corrected chi connectivity index (χ4v) is 1.43. The van der Waals surface area contributed by atoms with Crippen molar-refractivity contribution in [2.45, 2.75) is 12.9 Å². The summed E-state index contributed by atoms with van der Waals surface area (Å²) in [4.78, 5) is 0. The van der Waals surface area contributed by atoms with Crippen LogP contribution in [-0.2, 0) is 0 Å². The second-order valence-electron chi connectivity index (χ2n) is 3.53. The van der Waals surface area contributed by atoms with Crippen molar-refractivity contribution in [2.75, 3.05) is 0 Å². The highest BCUT2D eigenvalue weighted by molar-refractivity contribution is 5.59. The third kappa shape index (κ3) is 3.43. The second kappa shape index (κ2) is 4.87. The molecule has 0 saturated heterocycles. The molecule has 0 spiro atoms. The third-order valence-corrected chi connectivity index (χ3v) is 2.19. The third-order valence-electron chi connectivity index (χ3n) is 2.19. The molecule has 0 amide bonds. The van der Waals surface area contributed by atoms with Crippen LogP contribution in [0.3, 0.4) is 0 Å². The Balaban J connectivity index is 2.17. The molecule has 19 heavy (non-hydrogen) atoms. The number of ether oxygens (including phenoxy) is 1. The van der Waals surface area contributed by atoms with E-state index in [1.807, 2.05) is 0 Å². The molecule has 2 rings (SSSR count). The van der Waals surface area contributed by atoms with Crippen molar-refractivity contribution < 1.29 is 26.7 Å². The van der Waals surface area contributed by atoms with Crippen molar-refractivity contribution in [2.24, 2.45) is 0 Å². The second-order valence-corrected chi connectivity index (χ2v) is 3.53. The topological polar surface area (TPSA) is 27.1 Å². The van der Waals surface area contributed by atoms with Crippen LogP contribution >= 0.6 is 0 Å². The minimum absolute atomic E-state index is 0.235. The summed E-state index contributed by atoms with van der Waals surface area (Å²) in [5.41, 5.74) is 0.646. The summed E-state index contributed by atoms with van der Waals surface area (Å²) in [5, 5.41) is 3.59. The SMILES string of the molecule is FC(F)n1ccc(-c2ccc(OC(F)(F)F)cc2)n1. The molecule has 0 unspecified atom stereocenters. The van der Waals surface area contributed by atoms with Crippen molar-refractivity contribution in [1.29, 1.82) is 0 Å². The average molecular weight is 278 g/mol. The summed E-state index contributed by atoms with van der Waals surface area (Å²) >= 11 is 0. The van der Waals surface area contributed by atoms with Gasteiger partial charge in [0, 0.05) is 11.8 Å². The maximum atomic E-state index is 12.3. The smallest absolute Gasteiger partial charge is 0.406 e. The summed E-state index contributed by atoms with van der Waals surface area (Å²) in [6.07, 6.45) is -3.68. The Morgan fingerprint density at radius 1 is 1.05 bits per heavy atom. The summed E-state index contributed by atoms with van der Waals surface area (Å²) in [6.45, 7) is -2.76. The molecule has 0 saturated carbocycles. The number of hydrogen-bond donors (Lipinski definition) is 0. The molecule has 102 valence electrons. The maximum absolute atomic E-state index is 12.3. The number of aromatic nitrogens is 2. The van der Waals surface area contributed by atoms with Crippen LogP contribution in [0, 0.1) is 0 Å². The van der Waals surface area contributed by atoms with Gasteiger partial charge in [0.2, 0.25) is 0 Å². The first-order valence-corrected chi connectivity index (χ1v) is 5.05. The minimum atomic E-state index is -4.77. The van der Waals surface area contributed by atoms with E-state index in [1.165, 1.54) is 18.2 Å². The van der Waals surface area contributed by atoms with Crippen LogP contribution in [-0.4, -0.2) is 16.1 Å². The number of hydrogen-bond acceptors (Lipinski definition) is 2. The van der Waals surface area contributed by atoms with Gasteiger partial charge in [-0.05, 0) is 30.3 Å². The largest absolute Gasteiger partial charge is 0.573 e. The molecule has 3 nitrogen and oxygen atoms in total. The van der Waals surface area contributed by atoms with Gasteiger partial charge in [0.25, 0.3) is 0 Å². The van der Waals surface area contributed by atoms with E-state index >= 15 is 0 Å². The molecule has 1 aromatic carbocycles. The minimum Gasteiger partial charge on any atom is -0.406 e. The van der Waals surface area contributed by atoms with E-state index in [-0.39, 0.29) is 11.4 Å². The lowest BCUT2D eigenvalue weighted by Gasteiger charge is -2.08. The molecule has 0 radical (unpaired) electrons. The molecule has 8 heteroatoms. The number of rotatable bonds is 3. The summed E-state index contributed by atoms with van der Waals surface area (Å²) < 4.78 is 64.6. The maximum Gasteiger partial charge on any atom is 0.573 e. The molecule has 1 aromatic heterocycles. The first kappa shape index (κ1) is 13.3. The van der Waals surface area contributed by atoms with E-state index in [1.54, 1.807) is 0 Å². The standard InChI is InChI=1S/C11H7F5N2O/c12-10(13)18-6-5-9(17-18)7-1-3-8(4-2-7)19-11(14,15)16/h1-6,10H. The van der Waals surface area contributed by atoms with E-state index in [4.69, 9.17) is 0 Å². The van der Waals surface area contributed by atoms with Crippen LogP contribution in [0.2, 0.25) is 0 Å². The van der Waals surface area contributed by atoms with Crippen molar-refractivity contribution in [3.8, 4) is 17.0 Å². The Kier molecular flexibility index (Phi) is 3.41. The van der Waals surface area contributed by atoms with Gasteiger partial charge in [-0.15, -0.1) is 13.2 Å². The van der Waals surface area contributed by atoms with E-state index in [2.05, 4.69) is 9.84 Å². The van der Waals surface area contributed by atoms with Gasteiger partial charge in [0.15, 0.2) is 0 Å². The quantitative estimate of drug-likeness (QED) is 0.797. The summed E-state index contributed by atoms with van der Waals surface area (Å²) in [5.74, 6) is -0.385. The lowest BCUT2D eigenvalue weighted by Crippen LogP contribution is -2.16. The zero-order chi connectivity index (χ0) is 14.0. The van der Waals surface area contributed by atoms with Crippen molar-refractivity contribution in [3.63, 3.8) is 0 Å². The van der Waals surface area contributed by atoms with Gasteiger partial charge in [-0.3, -0.25) is 0 Å². The molecular formula is C11H7F5N2O. The number of benzene rings is 1. The molecule has 0 atom stereocenters. The Hall–Kier alpha value is -2.12. The Labute approximate surface area is 104 Å². The molecule has 1 heterocycles. The predicted molar refractivity (Wildman–Crippen MR) is 55.6 cm³/mol. The van der Waals surface area contributed by atoms with Crippen LogP contribution in [0.25, 0.3) is 11.3 Å². The van der Waals surface area contributed by atoms with Crippen LogP contribution in [0.15, 0.2) is 36.5 Å². The summed E-state index contributed by atoms with van der Waals surface area (Å²) in [6, 6.07) is 6.12. The van der Waals surface area contributed by atoms with Gasteiger partial charge in [-0.2, -0.15) is 13.9 Å². The monoisotopic (exact) mass is 278 g/mol. The highest BCUT2D eigenvalue weighted by Gasteiger charge is 2.30. The van der Waals surface area contributed by atoms with E-state index < -0.39 is 12.9 Å². The normalized spacial score (nSPS) is 11.9. The molecule has 0 fully saturated rings. The fraction of sp³-hybridized carbons (Fsp3) is 0.182. The molecular weight excluding hydrogens is 271 g/mol. The molecule has 0 aliphatic carbocycles. The van der Waals surface area contributed by atoms with E-state index in [0.29, 0.717) is 10.2 Å². The van der Waals surface area contributed by atoms with Gasteiger partial charge in [0.05, 0.1) is 5.69 Å². The van der Waals surface area contributed by atoms with Crippen LogP contribution < -0.4 is 4.74 Å². The molecule has 0 N–H and O–H groups in total. The van der Waals surface area contributed by atoms with Gasteiger partial charge >= 0.3 is 12.9 Å². The fourth-order valence-electron chi connectivity index (χ4n) is 1.43. The van der Waals surface area contributed by atoms with Gasteiger partial charge in [0.1, 0.15) is 5.75 Å². The average Bonchev–Trinajstić information content (AvgIpc) is 2.77. The van der Waals surface area contributed by atoms with Crippen molar-refractivity contribution >= 4 is 0 Å². The van der Waals surface area contributed by atoms with Gasteiger partial charge in [-0.25, -0.2) is 4.68 Å². The lowest BCUT2D eigenvalue weighted by molar-refractivity contribution is -0.274. The zero-order valence-corrected chi connectivity index (χ0v) is 9.23. The molecule has 0 bridgehead atoms. The number of alkyl halides is 5. The molecule has 0 aliphatic heterocycles. The van der Waals surface area contributed by atoms with Gasteiger partial charge in [-0.1, -0.05) is 0 Å². The number of halogens is 5. The Bertz CT molecular complexity index is 547. The van der Waals surface area contributed by atoms with Gasteiger partial charge < -0.3 is 4.74 Å². The van der Waals surface area contributed by atoms with Crippen LogP contribution in [0.5, 0.6) is 5.75 Å². The van der Waals surface area contributed by atoms with Crippen molar-refractivity contribution in [3.05, 3.63) is 36.5 Å². The zero-order valence-electron chi connectivity index (χ0n) is 9.23. The predicted octanol–water partition coefficient (Wildman–Crippen LogP) is 3.84. The Morgan fingerprint density at radius 2 is 1.68 bits per heavy atom. The van der Waals surface area contributed by atoms with E-state index in [0.717, 1.165) is 18.3 Å². The first-order valence-electron chi connectivity index (χ1n) is 5.05. The molecule has 2 aromatic rings. The highest BCUT2D eigenvalue weighted by Crippen LogP contribution is 2.26. The van der Waals surface area contributed by atoms with Crippen molar-refractivity contribution in [1.82, 2.24) is 9.78 Å². The van der Waals surface area contributed by atoms with Crippen LogP contribution in [0.1, 0.15) is 6.55 Å². The highest BCUT2D eigenvalue weighted by atomic mass is 19.4. The molecule has 0 aliphatic rings. The Morgan fingerprint density at radius 3 is 2.16 bits per heavy atom. The van der Waals surface area contributed by atoms with Crippen LogP contribution in [0.4, 0.5) is 22.0 Å². The number of nitrogens with zero attached hydrogens (tertiary/aromatic N) is 2. The van der Waals surface area contributed by atoms with E-state index in [9.17, 15) is 22.0 Å².